The Hall–Kier alpha value is -0.320. The maximum absolute atomic E-state index is 10.9. The summed E-state index contributed by atoms with van der Waals surface area (Å²) in [5, 5.41) is 3.16. The molecular formula is C8H16ClNO3. The van der Waals surface area contributed by atoms with Gasteiger partial charge < -0.3 is 14.8 Å². The zero-order valence-electron chi connectivity index (χ0n) is 7.75. The molecule has 1 aliphatic rings. The van der Waals surface area contributed by atoms with Crippen molar-refractivity contribution in [3.05, 3.63) is 0 Å². The number of piperidine rings is 1. The standard InChI is InChI=1S/C8H15NO3.ClH/c1-11-6-8(10)12-7-3-2-4-9-5-7;/h7,9H,2-6H2,1H3;1H. The van der Waals surface area contributed by atoms with Gasteiger partial charge in [0.1, 0.15) is 12.7 Å². The molecule has 1 unspecified atom stereocenters. The molecule has 0 amide bonds. The minimum atomic E-state index is -0.272. The van der Waals surface area contributed by atoms with E-state index in [9.17, 15) is 4.79 Å². The van der Waals surface area contributed by atoms with E-state index < -0.39 is 0 Å². The number of ether oxygens (including phenoxy) is 2. The molecule has 0 radical (unpaired) electrons. The van der Waals surface area contributed by atoms with Gasteiger partial charge in [0.25, 0.3) is 0 Å². The summed E-state index contributed by atoms with van der Waals surface area (Å²) in [5.41, 5.74) is 0. The summed E-state index contributed by atoms with van der Waals surface area (Å²) in [4.78, 5) is 10.9. The Bertz CT molecular complexity index is 148. The summed E-state index contributed by atoms with van der Waals surface area (Å²) in [6.45, 7) is 1.85. The molecule has 13 heavy (non-hydrogen) atoms. The van der Waals surface area contributed by atoms with Crippen LogP contribution in [0.1, 0.15) is 12.8 Å². The zero-order chi connectivity index (χ0) is 8.81. The minimum Gasteiger partial charge on any atom is -0.459 e. The normalized spacial score (nSPS) is 21.8. The first-order valence-corrected chi connectivity index (χ1v) is 4.22. The number of rotatable bonds is 3. The Morgan fingerprint density at radius 3 is 2.92 bits per heavy atom. The molecule has 78 valence electrons. The van der Waals surface area contributed by atoms with Crippen molar-refractivity contribution in [2.24, 2.45) is 0 Å². The van der Waals surface area contributed by atoms with E-state index in [0.717, 1.165) is 25.9 Å². The van der Waals surface area contributed by atoms with Crippen LogP contribution in [0.15, 0.2) is 0 Å². The third-order valence-corrected chi connectivity index (χ3v) is 1.81. The summed E-state index contributed by atoms with van der Waals surface area (Å²) in [6, 6.07) is 0. The van der Waals surface area contributed by atoms with Crippen LogP contribution in [-0.2, 0) is 14.3 Å². The summed E-state index contributed by atoms with van der Waals surface area (Å²) in [5.74, 6) is -0.272. The SMILES string of the molecule is COCC(=O)OC1CCCNC1.Cl. The molecule has 0 aromatic rings. The molecule has 5 heteroatoms. The van der Waals surface area contributed by atoms with Gasteiger partial charge in [-0.2, -0.15) is 0 Å². The molecular weight excluding hydrogens is 194 g/mol. The molecule has 0 spiro atoms. The Morgan fingerprint density at radius 2 is 2.38 bits per heavy atom. The molecule has 0 aromatic carbocycles. The van der Waals surface area contributed by atoms with Crippen LogP contribution in [0.2, 0.25) is 0 Å². The molecule has 1 N–H and O–H groups in total. The topological polar surface area (TPSA) is 47.6 Å². The Balaban J connectivity index is 0.00000144. The number of carbonyl (C=O) groups excluding carboxylic acids is 1. The number of carbonyl (C=O) groups is 1. The number of esters is 1. The van der Waals surface area contributed by atoms with E-state index in [1.165, 1.54) is 7.11 Å². The lowest BCUT2D eigenvalue weighted by Crippen LogP contribution is -2.37. The summed E-state index contributed by atoms with van der Waals surface area (Å²) in [7, 11) is 1.49. The highest BCUT2D eigenvalue weighted by molar-refractivity contribution is 5.85. The molecule has 0 saturated carbocycles. The average Bonchev–Trinajstić information content (AvgIpc) is 2.06. The van der Waals surface area contributed by atoms with Gasteiger partial charge in [-0.15, -0.1) is 12.4 Å². The number of hydrogen-bond donors (Lipinski definition) is 1. The average molecular weight is 210 g/mol. The van der Waals surface area contributed by atoms with Gasteiger partial charge in [0.15, 0.2) is 0 Å². The van der Waals surface area contributed by atoms with E-state index in [0.29, 0.717) is 0 Å². The van der Waals surface area contributed by atoms with Crippen LogP contribution in [0.4, 0.5) is 0 Å². The van der Waals surface area contributed by atoms with Crippen molar-refractivity contribution in [1.29, 1.82) is 0 Å². The summed E-state index contributed by atoms with van der Waals surface area (Å²) in [6.07, 6.45) is 2.08. The van der Waals surface area contributed by atoms with Crippen LogP contribution < -0.4 is 5.32 Å². The molecule has 0 aromatic heterocycles. The molecule has 4 nitrogen and oxygen atoms in total. The maximum Gasteiger partial charge on any atom is 0.332 e. The van der Waals surface area contributed by atoms with Crippen LogP contribution in [0, 0.1) is 0 Å². The van der Waals surface area contributed by atoms with Crippen molar-refractivity contribution >= 4 is 18.4 Å². The third-order valence-electron chi connectivity index (χ3n) is 1.81. The first-order valence-electron chi connectivity index (χ1n) is 4.22. The van der Waals surface area contributed by atoms with Gasteiger partial charge in [-0.1, -0.05) is 0 Å². The first kappa shape index (κ1) is 12.7. The van der Waals surface area contributed by atoms with Crippen molar-refractivity contribution in [1.82, 2.24) is 5.32 Å². The van der Waals surface area contributed by atoms with Gasteiger partial charge in [0.05, 0.1) is 0 Å². The number of nitrogens with one attached hydrogen (secondary N) is 1. The zero-order valence-corrected chi connectivity index (χ0v) is 8.56. The van der Waals surface area contributed by atoms with Crippen LogP contribution in [0.5, 0.6) is 0 Å². The van der Waals surface area contributed by atoms with Crippen LogP contribution >= 0.6 is 12.4 Å². The van der Waals surface area contributed by atoms with Gasteiger partial charge in [0.2, 0.25) is 0 Å². The number of hydrogen-bond acceptors (Lipinski definition) is 4. The summed E-state index contributed by atoms with van der Waals surface area (Å²) < 4.78 is 9.76. The molecule has 0 aliphatic carbocycles. The minimum absolute atomic E-state index is 0. The number of halogens is 1. The van der Waals surface area contributed by atoms with Gasteiger partial charge in [0, 0.05) is 13.7 Å². The lowest BCUT2D eigenvalue weighted by atomic mass is 10.1. The van der Waals surface area contributed by atoms with E-state index in [2.05, 4.69) is 10.1 Å². The predicted molar refractivity (Wildman–Crippen MR) is 51.1 cm³/mol. The first-order chi connectivity index (χ1) is 5.83. The van der Waals surface area contributed by atoms with Gasteiger partial charge in [-0.25, -0.2) is 4.79 Å². The van der Waals surface area contributed by atoms with E-state index >= 15 is 0 Å². The van der Waals surface area contributed by atoms with Gasteiger partial charge in [-0.3, -0.25) is 0 Å². The van der Waals surface area contributed by atoms with Crippen molar-refractivity contribution < 1.29 is 14.3 Å². The maximum atomic E-state index is 10.9. The van der Waals surface area contributed by atoms with Crippen molar-refractivity contribution in [3.8, 4) is 0 Å². The molecule has 1 heterocycles. The molecule has 1 aliphatic heterocycles. The fraction of sp³-hybridized carbons (Fsp3) is 0.875. The smallest absolute Gasteiger partial charge is 0.332 e. The fourth-order valence-corrected chi connectivity index (χ4v) is 1.26. The monoisotopic (exact) mass is 209 g/mol. The van der Waals surface area contributed by atoms with E-state index in [1.54, 1.807) is 0 Å². The van der Waals surface area contributed by atoms with Crippen molar-refractivity contribution in [2.75, 3.05) is 26.8 Å². The lowest BCUT2D eigenvalue weighted by Gasteiger charge is -2.22. The Morgan fingerprint density at radius 1 is 1.62 bits per heavy atom. The largest absolute Gasteiger partial charge is 0.459 e. The van der Waals surface area contributed by atoms with E-state index in [1.807, 2.05) is 0 Å². The second-order valence-electron chi connectivity index (χ2n) is 2.89. The van der Waals surface area contributed by atoms with Gasteiger partial charge in [-0.05, 0) is 19.4 Å². The quantitative estimate of drug-likeness (QED) is 0.682. The third kappa shape index (κ3) is 5.08. The molecule has 1 saturated heterocycles. The highest BCUT2D eigenvalue weighted by Gasteiger charge is 2.16. The molecule has 1 atom stereocenters. The Kier molecular flexibility index (Phi) is 6.94. The predicted octanol–water partition coefficient (Wildman–Crippen LogP) is 0.350. The lowest BCUT2D eigenvalue weighted by molar-refractivity contribution is -0.154. The highest BCUT2D eigenvalue weighted by atomic mass is 35.5. The number of methoxy groups -OCH3 is 1. The van der Waals surface area contributed by atoms with E-state index in [4.69, 9.17) is 4.74 Å². The fourth-order valence-electron chi connectivity index (χ4n) is 1.26. The Labute approximate surface area is 84.4 Å². The second kappa shape index (κ2) is 7.12. The second-order valence-corrected chi connectivity index (χ2v) is 2.89. The van der Waals surface area contributed by atoms with Crippen LogP contribution in [0.25, 0.3) is 0 Å². The molecule has 1 fully saturated rings. The van der Waals surface area contributed by atoms with E-state index in [-0.39, 0.29) is 31.1 Å². The van der Waals surface area contributed by atoms with Crippen molar-refractivity contribution in [3.63, 3.8) is 0 Å². The van der Waals surface area contributed by atoms with Crippen LogP contribution in [-0.4, -0.2) is 38.9 Å². The molecule has 0 bridgehead atoms. The molecule has 1 rings (SSSR count). The van der Waals surface area contributed by atoms with Crippen molar-refractivity contribution in [2.45, 2.75) is 18.9 Å². The van der Waals surface area contributed by atoms with Gasteiger partial charge >= 0.3 is 5.97 Å². The summed E-state index contributed by atoms with van der Waals surface area (Å²) >= 11 is 0. The van der Waals surface area contributed by atoms with Crippen LogP contribution in [0.3, 0.4) is 0 Å². The highest BCUT2D eigenvalue weighted by Crippen LogP contribution is 2.05.